The average Bonchev–Trinajstić information content (AvgIpc) is 3.31. The number of anilines is 1. The third kappa shape index (κ3) is 5.03. The molecule has 1 aliphatic rings. The number of aryl methyl sites for hydroxylation is 1. The summed E-state index contributed by atoms with van der Waals surface area (Å²) in [6, 6.07) is 8.34. The van der Waals surface area contributed by atoms with Gasteiger partial charge in [-0.3, -0.25) is 9.59 Å². The molecule has 2 N–H and O–H groups in total. The van der Waals surface area contributed by atoms with Crippen molar-refractivity contribution in [2.45, 2.75) is 32.4 Å². The average molecular weight is 511 g/mol. The topological polar surface area (TPSA) is 120 Å². The Labute approximate surface area is 210 Å². The summed E-state index contributed by atoms with van der Waals surface area (Å²) in [5, 5.41) is 19.2. The number of aromatic nitrogens is 6. The van der Waals surface area contributed by atoms with E-state index in [-0.39, 0.29) is 29.8 Å². The van der Waals surface area contributed by atoms with Crippen molar-refractivity contribution >= 4 is 40.7 Å². The Hall–Kier alpha value is -3.76. The number of benzene rings is 1. The lowest BCUT2D eigenvalue weighted by Gasteiger charge is -2.15. The van der Waals surface area contributed by atoms with Crippen LogP contribution in [-0.4, -0.2) is 47.6 Å². The largest absolute Gasteiger partial charge is 0.349 e. The predicted octanol–water partition coefficient (Wildman–Crippen LogP) is 3.67. The van der Waals surface area contributed by atoms with Crippen LogP contribution in [0.5, 0.6) is 0 Å². The zero-order chi connectivity index (χ0) is 24.5. The molecule has 1 aliphatic carbocycles. The quantitative estimate of drug-likeness (QED) is 0.391. The number of hydrogen-bond donors (Lipinski definition) is 2. The van der Waals surface area contributed by atoms with Crippen LogP contribution in [0.4, 0.5) is 5.69 Å². The molecule has 1 saturated carbocycles. The first-order chi connectivity index (χ1) is 16.9. The van der Waals surface area contributed by atoms with Crippen LogP contribution in [-0.2, 0) is 6.54 Å². The summed E-state index contributed by atoms with van der Waals surface area (Å²) >= 11 is 12.6. The minimum absolute atomic E-state index is 0.150. The Morgan fingerprint density at radius 2 is 1.86 bits per heavy atom. The van der Waals surface area contributed by atoms with Crippen LogP contribution in [0.1, 0.15) is 44.9 Å². The maximum Gasteiger partial charge on any atom is 0.274 e. The fourth-order valence-electron chi connectivity index (χ4n) is 3.59. The molecule has 0 radical (unpaired) electrons. The zero-order valence-electron chi connectivity index (χ0n) is 18.6. The van der Waals surface area contributed by atoms with Crippen molar-refractivity contribution in [1.29, 1.82) is 0 Å². The van der Waals surface area contributed by atoms with E-state index in [1.54, 1.807) is 55.8 Å². The molecule has 0 unspecified atom stereocenters. The minimum Gasteiger partial charge on any atom is -0.349 e. The summed E-state index contributed by atoms with van der Waals surface area (Å²) in [6.45, 7) is 2.01. The van der Waals surface area contributed by atoms with Crippen molar-refractivity contribution in [3.05, 3.63) is 81.5 Å². The van der Waals surface area contributed by atoms with E-state index in [2.05, 4.69) is 30.9 Å². The molecular formula is C23H20Cl2N8O2. The van der Waals surface area contributed by atoms with E-state index in [1.807, 2.05) is 0 Å². The molecule has 12 heteroatoms. The van der Waals surface area contributed by atoms with Gasteiger partial charge in [0.25, 0.3) is 11.8 Å². The fourth-order valence-corrected chi connectivity index (χ4v) is 4.06. The highest BCUT2D eigenvalue weighted by atomic mass is 35.5. The van der Waals surface area contributed by atoms with Crippen LogP contribution >= 0.6 is 23.2 Å². The number of pyridine rings is 1. The monoisotopic (exact) mass is 510 g/mol. The molecule has 3 aromatic heterocycles. The number of amides is 2. The van der Waals surface area contributed by atoms with Gasteiger partial charge in [-0.25, -0.2) is 9.67 Å². The van der Waals surface area contributed by atoms with Crippen LogP contribution in [0.25, 0.3) is 5.82 Å². The molecule has 0 atom stereocenters. The van der Waals surface area contributed by atoms with Crippen molar-refractivity contribution in [3.8, 4) is 5.82 Å². The van der Waals surface area contributed by atoms with Gasteiger partial charge in [0, 0.05) is 17.3 Å². The predicted molar refractivity (Wildman–Crippen MR) is 130 cm³/mol. The first-order valence-electron chi connectivity index (χ1n) is 10.9. The van der Waals surface area contributed by atoms with E-state index in [0.717, 1.165) is 12.8 Å². The molecule has 0 bridgehead atoms. The second-order valence-electron chi connectivity index (χ2n) is 8.15. The van der Waals surface area contributed by atoms with Crippen molar-refractivity contribution < 1.29 is 9.59 Å². The van der Waals surface area contributed by atoms with Gasteiger partial charge in [0.1, 0.15) is 12.2 Å². The number of carbonyl (C=O) groups excluding carboxylic acids is 2. The molecule has 1 aromatic carbocycles. The molecule has 10 nitrogen and oxygen atoms in total. The Morgan fingerprint density at radius 3 is 2.57 bits per heavy atom. The number of hydrogen-bond acceptors (Lipinski definition) is 6. The molecule has 3 heterocycles. The third-order valence-electron chi connectivity index (χ3n) is 5.40. The Balaban J connectivity index is 1.52. The lowest BCUT2D eigenvalue weighted by molar-refractivity contribution is 0.0952. The molecule has 0 aliphatic heterocycles. The van der Waals surface area contributed by atoms with Crippen LogP contribution in [0.3, 0.4) is 0 Å². The van der Waals surface area contributed by atoms with E-state index < -0.39 is 5.91 Å². The normalized spacial score (nSPS) is 13.0. The molecule has 0 spiro atoms. The molecular weight excluding hydrogens is 491 g/mol. The molecule has 4 aromatic rings. The third-order valence-corrected chi connectivity index (χ3v) is 5.91. The summed E-state index contributed by atoms with van der Waals surface area (Å²) in [5.41, 5.74) is 2.00. The second-order valence-corrected chi connectivity index (χ2v) is 8.99. The summed E-state index contributed by atoms with van der Waals surface area (Å²) in [7, 11) is 0. The maximum atomic E-state index is 13.5. The van der Waals surface area contributed by atoms with E-state index in [4.69, 9.17) is 23.2 Å². The fraction of sp³-hybridized carbons (Fsp3) is 0.217. The van der Waals surface area contributed by atoms with Gasteiger partial charge in [-0.15, -0.1) is 0 Å². The van der Waals surface area contributed by atoms with Crippen molar-refractivity contribution in [3.63, 3.8) is 0 Å². The van der Waals surface area contributed by atoms with E-state index in [0.29, 0.717) is 32.8 Å². The lowest BCUT2D eigenvalue weighted by Crippen LogP contribution is -2.27. The highest BCUT2D eigenvalue weighted by molar-refractivity contribution is 6.32. The van der Waals surface area contributed by atoms with E-state index in [1.165, 1.54) is 9.48 Å². The minimum atomic E-state index is -0.496. The molecule has 1 fully saturated rings. The molecule has 0 saturated heterocycles. The lowest BCUT2D eigenvalue weighted by atomic mass is 10.1. The molecule has 5 rings (SSSR count). The Kier molecular flexibility index (Phi) is 6.23. The van der Waals surface area contributed by atoms with Gasteiger partial charge in [0.05, 0.1) is 34.4 Å². The van der Waals surface area contributed by atoms with Crippen LogP contribution in [0.15, 0.2) is 48.9 Å². The van der Waals surface area contributed by atoms with Crippen LogP contribution in [0.2, 0.25) is 10.0 Å². The van der Waals surface area contributed by atoms with Crippen molar-refractivity contribution in [2.75, 3.05) is 5.32 Å². The second kappa shape index (κ2) is 9.47. The highest BCUT2D eigenvalue weighted by Gasteiger charge is 2.27. The summed E-state index contributed by atoms with van der Waals surface area (Å²) in [4.78, 5) is 32.1. The number of carbonyl (C=O) groups is 2. The van der Waals surface area contributed by atoms with Crippen molar-refractivity contribution in [2.24, 2.45) is 0 Å². The molecule has 178 valence electrons. The van der Waals surface area contributed by atoms with Gasteiger partial charge in [-0.2, -0.15) is 20.1 Å². The standard InChI is InChI=1S/C23H20Cl2N8O2/c1-13-9-14(24)10-17(22(34)29-15-4-5-15)20(13)30-23(35)19-11-16(12-32-27-7-8-28-32)31-33(19)21-18(25)3-2-6-26-21/h2-3,6-11,15H,4-5,12H2,1H3,(H,29,34)(H,30,35). The highest BCUT2D eigenvalue weighted by Crippen LogP contribution is 2.28. The zero-order valence-corrected chi connectivity index (χ0v) is 20.1. The van der Waals surface area contributed by atoms with Gasteiger partial charge in [0.15, 0.2) is 5.82 Å². The van der Waals surface area contributed by atoms with Crippen molar-refractivity contribution in [1.82, 2.24) is 35.1 Å². The van der Waals surface area contributed by atoms with Gasteiger partial charge >= 0.3 is 0 Å². The van der Waals surface area contributed by atoms with Gasteiger partial charge in [-0.05, 0) is 55.7 Å². The number of nitrogens with zero attached hydrogens (tertiary/aromatic N) is 6. The smallest absolute Gasteiger partial charge is 0.274 e. The number of halogens is 2. The van der Waals surface area contributed by atoms with Gasteiger partial charge in [-0.1, -0.05) is 23.2 Å². The summed E-state index contributed by atoms with van der Waals surface area (Å²) < 4.78 is 1.37. The Bertz CT molecular complexity index is 1410. The number of nitrogens with one attached hydrogen (secondary N) is 2. The summed E-state index contributed by atoms with van der Waals surface area (Å²) in [5.74, 6) is -0.497. The van der Waals surface area contributed by atoms with Crippen LogP contribution in [0, 0.1) is 6.92 Å². The Morgan fingerprint density at radius 1 is 1.09 bits per heavy atom. The maximum absolute atomic E-state index is 13.5. The molecule has 2 amide bonds. The van der Waals surface area contributed by atoms with Gasteiger partial charge < -0.3 is 10.6 Å². The molecule has 35 heavy (non-hydrogen) atoms. The van der Waals surface area contributed by atoms with Crippen LogP contribution < -0.4 is 10.6 Å². The first-order valence-corrected chi connectivity index (χ1v) is 11.6. The van der Waals surface area contributed by atoms with E-state index in [9.17, 15) is 9.59 Å². The SMILES string of the molecule is Cc1cc(Cl)cc(C(=O)NC2CC2)c1NC(=O)c1cc(Cn2nccn2)nn1-c1ncccc1Cl. The number of rotatable bonds is 7. The van der Waals surface area contributed by atoms with E-state index >= 15 is 0 Å². The summed E-state index contributed by atoms with van der Waals surface area (Å²) in [6.07, 6.45) is 6.54. The van der Waals surface area contributed by atoms with Gasteiger partial charge in [0.2, 0.25) is 0 Å². The first kappa shape index (κ1) is 23.0.